The molecule has 6 nitrogen and oxygen atoms in total. The molecular weight excluding hydrogens is 675 g/mol. The number of aromatic nitrogens is 1. The summed E-state index contributed by atoms with van der Waals surface area (Å²) < 4.78 is 43.8. The summed E-state index contributed by atoms with van der Waals surface area (Å²) in [6, 6.07) is 40.4. The monoisotopic (exact) mass is 705 g/mol. The van der Waals surface area contributed by atoms with Gasteiger partial charge in [0.25, 0.3) is 0 Å². The molecule has 0 spiro atoms. The fourth-order valence-electron chi connectivity index (χ4n) is 7.06. The van der Waals surface area contributed by atoms with E-state index in [1.807, 2.05) is 36.4 Å². The van der Waals surface area contributed by atoms with Gasteiger partial charge in [-0.05, 0) is 112 Å². The van der Waals surface area contributed by atoms with E-state index >= 15 is 0 Å². The van der Waals surface area contributed by atoms with E-state index in [4.69, 9.17) is 10.1 Å². The average Bonchev–Trinajstić information content (AvgIpc) is 3.53. The molecule has 1 heterocycles. The zero-order chi connectivity index (χ0) is 36.7. The Morgan fingerprint density at radius 3 is 2.15 bits per heavy atom. The molecule has 2 amide bonds. The van der Waals surface area contributed by atoms with Crippen molar-refractivity contribution in [2.75, 3.05) is 10.6 Å². The Hall–Kier alpha value is -6.74. The lowest BCUT2D eigenvalue weighted by Gasteiger charge is -2.18. The van der Waals surface area contributed by atoms with Crippen LogP contribution in [0.15, 0.2) is 140 Å². The number of halogens is 3. The van der Waals surface area contributed by atoms with E-state index in [0.717, 1.165) is 45.0 Å². The van der Waals surface area contributed by atoms with E-state index < -0.39 is 23.7 Å². The zero-order valence-corrected chi connectivity index (χ0v) is 28.0. The van der Waals surface area contributed by atoms with Crippen LogP contribution in [0.2, 0.25) is 0 Å². The predicted molar refractivity (Wildman–Crippen MR) is 201 cm³/mol. The van der Waals surface area contributed by atoms with Crippen LogP contribution in [0.1, 0.15) is 38.2 Å². The van der Waals surface area contributed by atoms with Crippen LogP contribution >= 0.6 is 0 Å². The van der Waals surface area contributed by atoms with Crippen LogP contribution in [-0.2, 0) is 19.0 Å². The third kappa shape index (κ3) is 6.72. The molecular formula is C44H30F3N3O3. The first kappa shape index (κ1) is 33.4. The number of amides is 2. The van der Waals surface area contributed by atoms with Crippen molar-refractivity contribution in [2.24, 2.45) is 0 Å². The number of pyridine rings is 1. The van der Waals surface area contributed by atoms with E-state index in [1.54, 1.807) is 30.3 Å². The number of hydrogen-bond donors (Lipinski definition) is 3. The topological polar surface area (TPSA) is 91.3 Å². The highest BCUT2D eigenvalue weighted by Gasteiger charge is 2.34. The molecule has 0 saturated heterocycles. The summed E-state index contributed by atoms with van der Waals surface area (Å²) in [4.78, 5) is 28.9. The quantitative estimate of drug-likeness (QED) is 0.154. The molecule has 0 atom stereocenters. The van der Waals surface area contributed by atoms with Crippen molar-refractivity contribution in [1.82, 2.24) is 4.98 Å². The number of alkyl halides is 3. The van der Waals surface area contributed by atoms with Crippen LogP contribution in [0.5, 0.6) is 0 Å². The summed E-state index contributed by atoms with van der Waals surface area (Å²) in [7, 11) is 0. The number of anilines is 2. The molecule has 7 aromatic rings. The lowest BCUT2D eigenvalue weighted by atomic mass is 9.91. The van der Waals surface area contributed by atoms with Crippen molar-refractivity contribution in [3.05, 3.63) is 173 Å². The van der Waals surface area contributed by atoms with Gasteiger partial charge in [0.2, 0.25) is 0 Å². The first-order valence-corrected chi connectivity index (χ1v) is 16.9. The van der Waals surface area contributed by atoms with Crippen LogP contribution in [0.3, 0.4) is 0 Å². The molecule has 1 aliphatic carbocycles. The minimum absolute atomic E-state index is 0.0821. The Labute approximate surface area is 302 Å². The van der Waals surface area contributed by atoms with Crippen LogP contribution in [0.4, 0.5) is 29.3 Å². The predicted octanol–water partition coefficient (Wildman–Crippen LogP) is 11.1. The Morgan fingerprint density at radius 1 is 0.660 bits per heavy atom. The fraction of sp³-hybridized carbons (Fsp3) is 0.0682. The van der Waals surface area contributed by atoms with Crippen LogP contribution in [0.25, 0.3) is 44.4 Å². The second-order valence-electron chi connectivity index (χ2n) is 13.0. The molecule has 1 aliphatic rings. The second kappa shape index (κ2) is 13.4. The van der Waals surface area contributed by atoms with Gasteiger partial charge in [-0.1, -0.05) is 84.9 Å². The number of rotatable bonds is 7. The highest BCUT2D eigenvalue weighted by Crippen LogP contribution is 2.45. The molecule has 53 heavy (non-hydrogen) atoms. The van der Waals surface area contributed by atoms with Gasteiger partial charge in [0.15, 0.2) is 0 Å². The molecule has 260 valence electrons. The number of fused-ring (bicyclic) bond motifs is 4. The van der Waals surface area contributed by atoms with Crippen molar-refractivity contribution >= 4 is 34.3 Å². The number of benzene rings is 6. The first-order valence-electron chi connectivity index (χ1n) is 16.9. The average molecular weight is 706 g/mol. The molecule has 6 aromatic carbocycles. The Balaban J connectivity index is 1.25. The minimum atomic E-state index is -4.65. The Bertz CT molecular complexity index is 2550. The number of carboxylic acids is 1. The van der Waals surface area contributed by atoms with Gasteiger partial charge in [-0.15, -0.1) is 0 Å². The van der Waals surface area contributed by atoms with Crippen molar-refractivity contribution in [1.29, 1.82) is 0 Å². The molecule has 1 aromatic heterocycles. The number of aromatic carboxylic acids is 1. The Morgan fingerprint density at radius 2 is 1.38 bits per heavy atom. The van der Waals surface area contributed by atoms with E-state index in [1.165, 1.54) is 30.3 Å². The van der Waals surface area contributed by atoms with Gasteiger partial charge < -0.3 is 15.7 Å². The maximum Gasteiger partial charge on any atom is 0.418 e. The number of nitrogens with zero attached hydrogens (tertiary/aromatic N) is 1. The standard InChI is InChI=1S/C44H30F3N3O3/c45-44(46,47)39-15-7-14-34-35(29-11-6-12-32(23-29)49-43(53)48-31-18-16-28(17-19-31)42(51)52)25-40(50-41(34)39)38-22-27(20-26-8-2-1-3-9-26)21-36-33-13-5-4-10-30(33)24-37(36)38/h1-19,21-23,25H,20,24H2,(H,51,52)(H2,48,49,53). The van der Waals surface area contributed by atoms with Crippen molar-refractivity contribution < 1.29 is 27.9 Å². The summed E-state index contributed by atoms with van der Waals surface area (Å²) in [6.45, 7) is 0. The van der Waals surface area contributed by atoms with E-state index in [0.29, 0.717) is 46.4 Å². The highest BCUT2D eigenvalue weighted by atomic mass is 19.4. The van der Waals surface area contributed by atoms with Crippen molar-refractivity contribution in [3.63, 3.8) is 0 Å². The summed E-state index contributed by atoms with van der Waals surface area (Å²) >= 11 is 0. The number of urea groups is 1. The van der Waals surface area contributed by atoms with Gasteiger partial charge >= 0.3 is 18.2 Å². The third-order valence-electron chi connectivity index (χ3n) is 9.48. The zero-order valence-electron chi connectivity index (χ0n) is 28.0. The SMILES string of the molecule is O=C(Nc1ccc(C(=O)O)cc1)Nc1cccc(-c2cc(-c3cc(Cc4ccccc4)cc4c3Cc3ccccc3-4)nc3c(C(F)(F)F)cccc23)c1. The lowest BCUT2D eigenvalue weighted by molar-refractivity contribution is -0.136. The number of carbonyl (C=O) groups is 2. The lowest BCUT2D eigenvalue weighted by Crippen LogP contribution is -2.19. The number of nitrogens with one attached hydrogen (secondary N) is 2. The van der Waals surface area contributed by atoms with E-state index in [-0.39, 0.29) is 11.1 Å². The van der Waals surface area contributed by atoms with Gasteiger partial charge in [0, 0.05) is 22.3 Å². The normalized spacial score (nSPS) is 11.9. The summed E-state index contributed by atoms with van der Waals surface area (Å²) in [5.41, 5.74) is 8.62. The number of carbonyl (C=O) groups excluding carboxylic acids is 1. The molecule has 0 fully saturated rings. The van der Waals surface area contributed by atoms with Crippen LogP contribution in [0, 0.1) is 0 Å². The molecule has 0 bridgehead atoms. The van der Waals surface area contributed by atoms with E-state index in [9.17, 15) is 22.8 Å². The van der Waals surface area contributed by atoms with Gasteiger partial charge in [-0.2, -0.15) is 13.2 Å². The third-order valence-corrected chi connectivity index (χ3v) is 9.48. The molecule has 3 N–H and O–H groups in total. The van der Waals surface area contributed by atoms with Gasteiger partial charge in [-0.3, -0.25) is 0 Å². The van der Waals surface area contributed by atoms with Crippen molar-refractivity contribution in [3.8, 4) is 33.5 Å². The fourth-order valence-corrected chi connectivity index (χ4v) is 7.06. The first-order chi connectivity index (χ1) is 25.6. The Kier molecular flexibility index (Phi) is 8.46. The number of hydrogen-bond acceptors (Lipinski definition) is 3. The minimum Gasteiger partial charge on any atom is -0.478 e. The van der Waals surface area contributed by atoms with Gasteiger partial charge in [0.05, 0.1) is 22.3 Å². The molecule has 0 radical (unpaired) electrons. The molecule has 8 rings (SSSR count). The largest absolute Gasteiger partial charge is 0.478 e. The molecule has 9 heteroatoms. The van der Waals surface area contributed by atoms with E-state index in [2.05, 4.69) is 47.0 Å². The molecule has 0 saturated carbocycles. The smallest absolute Gasteiger partial charge is 0.418 e. The van der Waals surface area contributed by atoms with Crippen molar-refractivity contribution in [2.45, 2.75) is 19.0 Å². The number of para-hydroxylation sites is 1. The molecule has 0 aliphatic heterocycles. The highest BCUT2D eigenvalue weighted by molar-refractivity contribution is 6.02. The number of carboxylic acid groups (broad SMARTS) is 1. The maximum atomic E-state index is 14.6. The van der Waals surface area contributed by atoms with Crippen LogP contribution in [-0.4, -0.2) is 22.1 Å². The van der Waals surface area contributed by atoms with Crippen LogP contribution < -0.4 is 10.6 Å². The van der Waals surface area contributed by atoms with Gasteiger partial charge in [-0.25, -0.2) is 14.6 Å². The van der Waals surface area contributed by atoms with Gasteiger partial charge in [0.1, 0.15) is 0 Å². The second-order valence-corrected chi connectivity index (χ2v) is 13.0. The molecule has 0 unspecified atom stereocenters. The summed E-state index contributed by atoms with van der Waals surface area (Å²) in [5, 5.41) is 14.9. The summed E-state index contributed by atoms with van der Waals surface area (Å²) in [5.74, 6) is -1.08. The maximum absolute atomic E-state index is 14.6. The summed E-state index contributed by atoms with van der Waals surface area (Å²) in [6.07, 6.45) is -3.40.